The van der Waals surface area contributed by atoms with E-state index in [9.17, 15) is 0 Å². The lowest BCUT2D eigenvalue weighted by atomic mass is 10.1. The summed E-state index contributed by atoms with van der Waals surface area (Å²) >= 11 is 5.05. The van der Waals surface area contributed by atoms with E-state index < -0.39 is 5.57 Å². The zero-order valence-corrected chi connectivity index (χ0v) is 14.2. The van der Waals surface area contributed by atoms with Gasteiger partial charge in [0.05, 0.1) is 0 Å². The van der Waals surface area contributed by atoms with Crippen LogP contribution in [-0.2, 0) is 6.42 Å². The van der Waals surface area contributed by atoms with Crippen LogP contribution in [0, 0.1) is 10.5 Å². The Labute approximate surface area is 114 Å². The highest BCUT2D eigenvalue weighted by Crippen LogP contribution is 2.21. The topological polar surface area (TPSA) is 0 Å². The summed E-state index contributed by atoms with van der Waals surface area (Å²) in [6.45, 7) is 7.04. The fourth-order valence-corrected chi connectivity index (χ4v) is 3.33. The molecule has 0 amide bonds. The molecule has 0 aliphatic carbocycles. The van der Waals surface area contributed by atoms with Gasteiger partial charge in [-0.1, -0.05) is 25.2 Å². The molecular formula is C11H16I2Si. The van der Waals surface area contributed by atoms with Crippen LogP contribution in [0.5, 0.6) is 0 Å². The van der Waals surface area contributed by atoms with E-state index in [1.807, 2.05) is 0 Å². The Hall–Kier alpha value is 0.897. The van der Waals surface area contributed by atoms with Gasteiger partial charge in [-0.05, 0) is 59.2 Å². The van der Waals surface area contributed by atoms with Crippen LogP contribution < -0.4 is 0 Å². The van der Waals surface area contributed by atoms with Crippen LogP contribution in [0.1, 0.15) is 11.1 Å². The Balaban J connectivity index is 2.65. The van der Waals surface area contributed by atoms with E-state index in [1.54, 1.807) is 0 Å². The molecule has 0 saturated heterocycles. The summed E-state index contributed by atoms with van der Waals surface area (Å²) in [5.41, 5.74) is 2.01. The van der Waals surface area contributed by atoms with Gasteiger partial charge >= 0.3 is 0 Å². The molecule has 0 saturated carbocycles. The number of rotatable bonds is 3. The second-order valence-corrected chi connectivity index (χ2v) is 18.2. The van der Waals surface area contributed by atoms with E-state index in [2.05, 4.69) is 82.6 Å². The number of hydrogen-bond acceptors (Lipinski definition) is 0. The fraction of sp³-hybridized carbons (Fsp3) is 0.455. The summed E-state index contributed by atoms with van der Waals surface area (Å²) in [4.78, 5) is 0. The summed E-state index contributed by atoms with van der Waals surface area (Å²) in [6.07, 6.45) is 1.25. The van der Waals surface area contributed by atoms with Crippen molar-refractivity contribution in [2.45, 2.75) is 32.5 Å². The normalized spacial score (nSPS) is 11.8. The van der Waals surface area contributed by atoms with Crippen molar-refractivity contribution in [1.82, 2.24) is 0 Å². The van der Waals surface area contributed by atoms with E-state index in [0.29, 0.717) is 0 Å². The highest BCUT2D eigenvalue weighted by Gasteiger charge is 2.15. The Morgan fingerprint density at radius 3 is 2.43 bits per heavy atom. The molecule has 0 aliphatic rings. The van der Waals surface area contributed by atoms with Gasteiger partial charge in [0.1, 0.15) is 5.57 Å². The standard InChI is InChI=1S/C11H16I2Si/c1-9-8-10(4-5-11(9)12)6-7-14(2,3)13/h4-5,8H,6-7H2,1-3H3. The SMILES string of the molecule is Cc1cc(CC[Si](C)(C)I)ccc1I. The molecule has 3 heteroatoms. The van der Waals surface area contributed by atoms with Crippen LogP contribution in [0.25, 0.3) is 0 Å². The van der Waals surface area contributed by atoms with Gasteiger partial charge in [0, 0.05) is 3.57 Å². The van der Waals surface area contributed by atoms with Crippen molar-refractivity contribution in [1.29, 1.82) is 0 Å². The number of halogens is 2. The number of aryl methyl sites for hydroxylation is 2. The predicted octanol–water partition coefficient (Wildman–Crippen LogP) is 4.78. The summed E-state index contributed by atoms with van der Waals surface area (Å²) in [7, 11) is 0. The van der Waals surface area contributed by atoms with Crippen LogP contribution in [0.3, 0.4) is 0 Å². The van der Waals surface area contributed by atoms with Crippen LogP contribution >= 0.6 is 44.4 Å². The highest BCUT2D eigenvalue weighted by atomic mass is 127. The predicted molar refractivity (Wildman–Crippen MR) is 83.9 cm³/mol. The molecule has 0 N–H and O–H groups in total. The Kier molecular flexibility index (Phi) is 4.90. The molecule has 1 aromatic rings. The molecule has 1 aromatic carbocycles. The monoisotopic (exact) mass is 430 g/mol. The Morgan fingerprint density at radius 2 is 1.93 bits per heavy atom. The minimum absolute atomic E-state index is 0.903. The molecule has 0 aromatic heterocycles. The van der Waals surface area contributed by atoms with Gasteiger partial charge in [0.25, 0.3) is 0 Å². The molecule has 14 heavy (non-hydrogen) atoms. The van der Waals surface area contributed by atoms with E-state index in [-0.39, 0.29) is 0 Å². The van der Waals surface area contributed by atoms with E-state index >= 15 is 0 Å². The summed E-state index contributed by atoms with van der Waals surface area (Å²) in [5, 5.41) is 0. The Bertz CT molecular complexity index is 316. The lowest BCUT2D eigenvalue weighted by molar-refractivity contribution is 1.10. The maximum atomic E-state index is 2.66. The first-order chi connectivity index (χ1) is 6.38. The molecule has 0 atom stereocenters. The summed E-state index contributed by atoms with van der Waals surface area (Å²) in [5.74, 6) is 0. The molecule has 0 aliphatic heterocycles. The lowest BCUT2D eigenvalue weighted by Crippen LogP contribution is -2.15. The smallest absolute Gasteiger partial charge is 0.119 e. The van der Waals surface area contributed by atoms with Gasteiger partial charge in [-0.3, -0.25) is 0 Å². The van der Waals surface area contributed by atoms with Crippen molar-refractivity contribution in [3.05, 3.63) is 32.9 Å². The van der Waals surface area contributed by atoms with Gasteiger partial charge in [0.2, 0.25) is 0 Å². The average molecular weight is 430 g/mol. The van der Waals surface area contributed by atoms with Gasteiger partial charge in [0.15, 0.2) is 0 Å². The first kappa shape index (κ1) is 13.0. The van der Waals surface area contributed by atoms with E-state index in [4.69, 9.17) is 0 Å². The van der Waals surface area contributed by atoms with Crippen LogP contribution in [0.15, 0.2) is 18.2 Å². The summed E-state index contributed by atoms with van der Waals surface area (Å²) < 4.78 is 1.37. The van der Waals surface area contributed by atoms with Gasteiger partial charge in [-0.15, -0.1) is 21.8 Å². The molecule has 0 spiro atoms. The maximum absolute atomic E-state index is 2.66. The molecule has 0 nitrogen and oxygen atoms in total. The van der Waals surface area contributed by atoms with Crippen molar-refractivity contribution < 1.29 is 0 Å². The quantitative estimate of drug-likeness (QED) is 0.368. The van der Waals surface area contributed by atoms with Crippen LogP contribution in [-0.4, -0.2) is 5.57 Å². The average Bonchev–Trinajstić information content (AvgIpc) is 2.06. The van der Waals surface area contributed by atoms with E-state index in [0.717, 1.165) is 0 Å². The van der Waals surface area contributed by atoms with Crippen LogP contribution in [0.4, 0.5) is 0 Å². The maximum Gasteiger partial charge on any atom is 0.119 e. The van der Waals surface area contributed by atoms with Crippen molar-refractivity contribution in [3.8, 4) is 0 Å². The van der Waals surface area contributed by atoms with Crippen molar-refractivity contribution in [2.75, 3.05) is 0 Å². The van der Waals surface area contributed by atoms with Crippen molar-refractivity contribution >= 4 is 50.0 Å². The third-order valence-electron chi connectivity index (χ3n) is 2.23. The Morgan fingerprint density at radius 1 is 1.29 bits per heavy atom. The first-order valence-electron chi connectivity index (χ1n) is 4.82. The molecule has 0 radical (unpaired) electrons. The third kappa shape index (κ3) is 4.61. The third-order valence-corrected chi connectivity index (χ3v) is 6.50. The fourth-order valence-electron chi connectivity index (χ4n) is 1.30. The second kappa shape index (κ2) is 5.29. The zero-order valence-electron chi connectivity index (χ0n) is 8.90. The van der Waals surface area contributed by atoms with Gasteiger partial charge in [-0.25, -0.2) is 0 Å². The van der Waals surface area contributed by atoms with Crippen molar-refractivity contribution in [3.63, 3.8) is 0 Å². The zero-order chi connectivity index (χ0) is 10.8. The van der Waals surface area contributed by atoms with Crippen LogP contribution in [0.2, 0.25) is 19.1 Å². The molecule has 0 fully saturated rings. The number of benzene rings is 1. The molecule has 1 rings (SSSR count). The summed E-state index contributed by atoms with van der Waals surface area (Å²) in [6, 6.07) is 8.21. The first-order valence-corrected chi connectivity index (χ1v) is 12.2. The largest absolute Gasteiger partial charge is 0.119 e. The van der Waals surface area contributed by atoms with Crippen molar-refractivity contribution in [2.24, 2.45) is 0 Å². The minimum Gasteiger partial charge on any atom is -0.119 e. The van der Waals surface area contributed by atoms with Gasteiger partial charge < -0.3 is 0 Å². The van der Waals surface area contributed by atoms with E-state index in [1.165, 1.54) is 27.2 Å². The minimum atomic E-state index is -0.903. The molecular weight excluding hydrogens is 414 g/mol. The molecule has 0 unspecified atom stereocenters. The van der Waals surface area contributed by atoms with Gasteiger partial charge in [-0.2, -0.15) is 0 Å². The molecule has 0 bridgehead atoms. The number of hydrogen-bond donors (Lipinski definition) is 0. The second-order valence-electron chi connectivity index (χ2n) is 4.30. The lowest BCUT2D eigenvalue weighted by Gasteiger charge is -2.13. The molecule has 78 valence electrons. The highest BCUT2D eigenvalue weighted by molar-refractivity contribution is 14.1. The molecule has 0 heterocycles.